The highest BCUT2D eigenvalue weighted by Gasteiger charge is 2.22. The van der Waals surface area contributed by atoms with Crippen LogP contribution in [0.25, 0.3) is 0 Å². The van der Waals surface area contributed by atoms with Crippen LogP contribution in [0.5, 0.6) is 0 Å². The molecule has 60 valence electrons. The molecular formula is C6H13PS3. The van der Waals surface area contributed by atoms with Crippen molar-refractivity contribution in [2.24, 2.45) is 0 Å². The first-order valence-corrected chi connectivity index (χ1v) is 9.25. The first kappa shape index (κ1) is 9.44. The lowest BCUT2D eigenvalue weighted by atomic mass is 10.6. The van der Waals surface area contributed by atoms with Gasteiger partial charge in [-0.15, -0.1) is 23.5 Å². The normalized spacial score (nSPS) is 23.0. The minimum atomic E-state index is -0.982. The molecule has 0 aromatic rings. The van der Waals surface area contributed by atoms with Crippen LogP contribution in [0, 0.1) is 0 Å². The monoisotopic (exact) mass is 212 g/mol. The lowest BCUT2D eigenvalue weighted by molar-refractivity contribution is 1.12. The molecule has 0 saturated carbocycles. The number of hydrogen-bond donors (Lipinski definition) is 0. The second kappa shape index (κ2) is 3.84. The minimum Gasteiger partial charge on any atom is -0.142 e. The summed E-state index contributed by atoms with van der Waals surface area (Å²) in [7, 11) is 0. The lowest BCUT2D eigenvalue weighted by Crippen LogP contribution is -2.05. The van der Waals surface area contributed by atoms with Gasteiger partial charge in [-0.05, 0) is 37.3 Å². The van der Waals surface area contributed by atoms with E-state index in [0.29, 0.717) is 0 Å². The van der Waals surface area contributed by atoms with Crippen LogP contribution in [0.3, 0.4) is 0 Å². The van der Waals surface area contributed by atoms with Crippen molar-refractivity contribution in [3.63, 3.8) is 0 Å². The van der Waals surface area contributed by atoms with E-state index >= 15 is 0 Å². The van der Waals surface area contributed by atoms with Gasteiger partial charge < -0.3 is 0 Å². The SMILES string of the molecule is CP(C)(=S)C1SCCCS1. The van der Waals surface area contributed by atoms with Crippen molar-refractivity contribution in [3.8, 4) is 0 Å². The summed E-state index contributed by atoms with van der Waals surface area (Å²) in [6.07, 6.45) is 1.38. The molecule has 0 nitrogen and oxygen atoms in total. The van der Waals surface area contributed by atoms with Crippen LogP contribution in [-0.4, -0.2) is 29.2 Å². The van der Waals surface area contributed by atoms with E-state index in [9.17, 15) is 0 Å². The standard InChI is InChI=1S/C6H13PS3/c1-7(2,8)6-9-4-3-5-10-6/h6H,3-5H2,1-2H3. The molecule has 0 aromatic carbocycles. The van der Waals surface area contributed by atoms with Crippen LogP contribution in [0.15, 0.2) is 0 Å². The van der Waals surface area contributed by atoms with Crippen LogP contribution in [0.1, 0.15) is 6.42 Å². The summed E-state index contributed by atoms with van der Waals surface area (Å²) in [5, 5.41) is 0. The Morgan fingerprint density at radius 3 is 2.10 bits per heavy atom. The summed E-state index contributed by atoms with van der Waals surface area (Å²) in [5.74, 6) is 2.66. The molecular weight excluding hydrogens is 199 g/mol. The van der Waals surface area contributed by atoms with Crippen molar-refractivity contribution in [3.05, 3.63) is 0 Å². The maximum absolute atomic E-state index is 5.47. The van der Waals surface area contributed by atoms with Gasteiger partial charge in [-0.1, -0.05) is 11.8 Å². The van der Waals surface area contributed by atoms with Crippen LogP contribution in [0.2, 0.25) is 0 Å². The molecule has 1 rings (SSSR count). The molecule has 0 unspecified atom stereocenters. The fourth-order valence-electron chi connectivity index (χ4n) is 0.834. The van der Waals surface area contributed by atoms with Crippen LogP contribution < -0.4 is 0 Å². The maximum Gasteiger partial charge on any atom is 0.0783 e. The summed E-state index contributed by atoms with van der Waals surface area (Å²) >= 11 is 9.63. The van der Waals surface area contributed by atoms with Gasteiger partial charge in [0.25, 0.3) is 0 Å². The van der Waals surface area contributed by atoms with Gasteiger partial charge in [-0.3, -0.25) is 0 Å². The maximum atomic E-state index is 5.47. The van der Waals surface area contributed by atoms with Crippen molar-refractivity contribution in [1.29, 1.82) is 0 Å². The Hall–Kier alpha value is 1.35. The fourth-order valence-corrected chi connectivity index (χ4v) is 7.60. The van der Waals surface area contributed by atoms with Crippen molar-refractivity contribution in [1.82, 2.24) is 0 Å². The van der Waals surface area contributed by atoms with Gasteiger partial charge in [0.2, 0.25) is 0 Å². The molecule has 0 atom stereocenters. The van der Waals surface area contributed by atoms with E-state index in [1.165, 1.54) is 17.9 Å². The highest BCUT2D eigenvalue weighted by Crippen LogP contribution is 2.55. The molecule has 0 amide bonds. The minimum absolute atomic E-state index is 0.760. The molecule has 1 saturated heterocycles. The Kier molecular flexibility index (Phi) is 3.62. The third-order valence-corrected chi connectivity index (χ3v) is 10.3. The second-order valence-electron chi connectivity index (χ2n) is 2.84. The summed E-state index contributed by atoms with van der Waals surface area (Å²) in [4.78, 5) is 0. The van der Waals surface area contributed by atoms with Crippen LogP contribution in [0.4, 0.5) is 0 Å². The molecule has 10 heavy (non-hydrogen) atoms. The first-order chi connectivity index (χ1) is 4.61. The number of thioether (sulfide) groups is 2. The van der Waals surface area contributed by atoms with Crippen molar-refractivity contribution in [2.75, 3.05) is 24.8 Å². The molecule has 0 N–H and O–H groups in total. The van der Waals surface area contributed by atoms with Crippen LogP contribution in [-0.2, 0) is 11.8 Å². The Bertz CT molecular complexity index is 145. The Balaban J connectivity index is 2.47. The molecule has 4 heteroatoms. The van der Waals surface area contributed by atoms with E-state index in [1.54, 1.807) is 0 Å². The van der Waals surface area contributed by atoms with Crippen molar-refractivity contribution in [2.45, 2.75) is 10.7 Å². The van der Waals surface area contributed by atoms with E-state index in [-0.39, 0.29) is 0 Å². The summed E-state index contributed by atoms with van der Waals surface area (Å²) in [6.45, 7) is 4.52. The molecule has 1 aliphatic rings. The molecule has 0 aliphatic carbocycles. The molecule has 0 spiro atoms. The fraction of sp³-hybridized carbons (Fsp3) is 1.00. The van der Waals surface area contributed by atoms with Gasteiger partial charge in [0, 0.05) is 0 Å². The third kappa shape index (κ3) is 2.77. The van der Waals surface area contributed by atoms with Gasteiger partial charge in [0.05, 0.1) is 4.32 Å². The predicted molar refractivity (Wildman–Crippen MR) is 59.5 cm³/mol. The molecule has 1 heterocycles. The van der Waals surface area contributed by atoms with E-state index in [0.717, 1.165) is 4.32 Å². The number of hydrogen-bond acceptors (Lipinski definition) is 3. The van der Waals surface area contributed by atoms with Crippen molar-refractivity contribution < 1.29 is 0 Å². The highest BCUT2D eigenvalue weighted by molar-refractivity contribution is 8.33. The van der Waals surface area contributed by atoms with E-state index < -0.39 is 6.04 Å². The predicted octanol–water partition coefficient (Wildman–Crippen LogP) is 2.88. The molecule has 0 radical (unpaired) electrons. The lowest BCUT2D eigenvalue weighted by Gasteiger charge is -2.26. The highest BCUT2D eigenvalue weighted by atomic mass is 32.4. The van der Waals surface area contributed by atoms with Gasteiger partial charge in [-0.2, -0.15) is 0 Å². The van der Waals surface area contributed by atoms with Crippen LogP contribution >= 0.6 is 29.6 Å². The largest absolute Gasteiger partial charge is 0.142 e. The third-order valence-electron chi connectivity index (χ3n) is 1.32. The molecule has 0 bridgehead atoms. The van der Waals surface area contributed by atoms with E-state index in [1.807, 2.05) is 0 Å². The Morgan fingerprint density at radius 1 is 1.30 bits per heavy atom. The molecule has 1 fully saturated rings. The van der Waals surface area contributed by atoms with E-state index in [2.05, 4.69) is 36.9 Å². The van der Waals surface area contributed by atoms with E-state index in [4.69, 9.17) is 11.8 Å². The van der Waals surface area contributed by atoms with Gasteiger partial charge >= 0.3 is 0 Å². The zero-order chi connectivity index (χ0) is 7.61. The summed E-state index contributed by atoms with van der Waals surface area (Å²) in [5.41, 5.74) is 0. The smallest absolute Gasteiger partial charge is 0.0783 e. The summed E-state index contributed by atoms with van der Waals surface area (Å²) in [6, 6.07) is -0.982. The Labute approximate surface area is 76.9 Å². The van der Waals surface area contributed by atoms with Crippen molar-refractivity contribution >= 4 is 41.4 Å². The van der Waals surface area contributed by atoms with Gasteiger partial charge in [0.15, 0.2) is 0 Å². The topological polar surface area (TPSA) is 0 Å². The Morgan fingerprint density at radius 2 is 1.80 bits per heavy atom. The van der Waals surface area contributed by atoms with Gasteiger partial charge in [-0.25, -0.2) is 0 Å². The molecule has 0 aromatic heterocycles. The average molecular weight is 212 g/mol. The number of rotatable bonds is 1. The summed E-state index contributed by atoms with van der Waals surface area (Å²) < 4.78 is 0.760. The average Bonchev–Trinajstić information content (AvgIpc) is 1.88. The van der Waals surface area contributed by atoms with Gasteiger partial charge in [0.1, 0.15) is 0 Å². The quantitative estimate of drug-likeness (QED) is 0.613. The second-order valence-corrected chi connectivity index (χ2v) is 12.5. The first-order valence-electron chi connectivity index (χ1n) is 3.38. The zero-order valence-electron chi connectivity index (χ0n) is 6.37. The zero-order valence-corrected chi connectivity index (χ0v) is 9.71. The molecule has 1 aliphatic heterocycles.